The molecule has 188 valence electrons. The summed E-state index contributed by atoms with van der Waals surface area (Å²) in [6, 6.07) is 12.3. The van der Waals surface area contributed by atoms with Crippen molar-refractivity contribution in [3.8, 4) is 5.75 Å². The standard InChI is InChI=1S/C26H36ClNO6/c1-18-13-20(25(21(27)14-18)33-17-32-12-11-31-5)22(15-24(30)34-26(2,3)4)28-23(16-29)19-9-7-6-8-10-19/h6-10,13-14,22-23,28-29H,11-12,15-17H2,1-5H3/t22-,23+/m0/s1. The van der Waals surface area contributed by atoms with Crippen LogP contribution in [0.3, 0.4) is 0 Å². The van der Waals surface area contributed by atoms with Crippen molar-refractivity contribution in [1.82, 2.24) is 5.32 Å². The number of esters is 1. The molecule has 0 fully saturated rings. The maximum absolute atomic E-state index is 12.8. The fraction of sp³-hybridized carbons (Fsp3) is 0.500. The first kappa shape index (κ1) is 28.1. The summed E-state index contributed by atoms with van der Waals surface area (Å²) < 4.78 is 21.9. The Labute approximate surface area is 207 Å². The van der Waals surface area contributed by atoms with Crippen LogP contribution in [0, 0.1) is 6.92 Å². The van der Waals surface area contributed by atoms with E-state index in [-0.39, 0.29) is 25.8 Å². The van der Waals surface area contributed by atoms with E-state index in [0.29, 0.717) is 29.5 Å². The van der Waals surface area contributed by atoms with Gasteiger partial charge in [-0.3, -0.25) is 4.79 Å². The van der Waals surface area contributed by atoms with Crippen molar-refractivity contribution in [3.63, 3.8) is 0 Å². The van der Waals surface area contributed by atoms with E-state index in [1.54, 1.807) is 13.2 Å². The Hall–Kier alpha value is -2.16. The Bertz CT molecular complexity index is 900. The van der Waals surface area contributed by atoms with Crippen molar-refractivity contribution in [2.45, 2.75) is 51.8 Å². The first-order chi connectivity index (χ1) is 16.1. The van der Waals surface area contributed by atoms with Crippen LogP contribution in [0.2, 0.25) is 5.02 Å². The number of carbonyl (C=O) groups is 1. The van der Waals surface area contributed by atoms with Crippen LogP contribution in [0.4, 0.5) is 0 Å². The zero-order chi connectivity index (χ0) is 25.1. The fourth-order valence-corrected chi connectivity index (χ4v) is 3.80. The number of carbonyl (C=O) groups excluding carboxylic acids is 1. The minimum atomic E-state index is -0.629. The lowest BCUT2D eigenvalue weighted by atomic mass is 9.97. The number of benzene rings is 2. The SMILES string of the molecule is COCCOCOc1c(Cl)cc(C)cc1[C@H](CC(=O)OC(C)(C)C)N[C@H](CO)c1ccccc1. The highest BCUT2D eigenvalue weighted by Crippen LogP contribution is 2.37. The van der Waals surface area contributed by atoms with Crippen molar-refractivity contribution >= 4 is 17.6 Å². The Balaban J connectivity index is 2.39. The van der Waals surface area contributed by atoms with Gasteiger partial charge in [-0.05, 0) is 44.9 Å². The average molecular weight is 494 g/mol. The van der Waals surface area contributed by atoms with Gasteiger partial charge in [-0.15, -0.1) is 0 Å². The molecule has 0 aliphatic rings. The lowest BCUT2D eigenvalue weighted by Crippen LogP contribution is -2.33. The Morgan fingerprint density at radius 3 is 2.44 bits per heavy atom. The zero-order valence-corrected chi connectivity index (χ0v) is 21.4. The molecular weight excluding hydrogens is 458 g/mol. The molecule has 0 unspecified atom stereocenters. The van der Waals surface area contributed by atoms with Crippen LogP contribution in [0.15, 0.2) is 42.5 Å². The summed E-state index contributed by atoms with van der Waals surface area (Å²) in [5.74, 6) is 0.0326. The second kappa shape index (κ2) is 13.7. The van der Waals surface area contributed by atoms with Crippen LogP contribution in [0.1, 0.15) is 56.0 Å². The highest BCUT2D eigenvalue weighted by atomic mass is 35.5. The van der Waals surface area contributed by atoms with E-state index in [4.69, 9.17) is 30.5 Å². The number of aryl methyl sites for hydroxylation is 1. The van der Waals surface area contributed by atoms with Gasteiger partial charge in [0.25, 0.3) is 0 Å². The second-order valence-corrected chi connectivity index (χ2v) is 9.39. The molecule has 0 heterocycles. The van der Waals surface area contributed by atoms with E-state index >= 15 is 0 Å². The van der Waals surface area contributed by atoms with E-state index in [1.807, 2.05) is 64.1 Å². The van der Waals surface area contributed by atoms with Gasteiger partial charge in [-0.2, -0.15) is 0 Å². The van der Waals surface area contributed by atoms with Crippen LogP contribution in [-0.2, 0) is 19.0 Å². The van der Waals surface area contributed by atoms with Gasteiger partial charge in [-0.25, -0.2) is 0 Å². The van der Waals surface area contributed by atoms with E-state index < -0.39 is 17.7 Å². The molecule has 0 radical (unpaired) electrons. The predicted octanol–water partition coefficient (Wildman–Crippen LogP) is 4.74. The summed E-state index contributed by atoms with van der Waals surface area (Å²) in [5.41, 5.74) is 1.85. The molecule has 2 atom stereocenters. The third-order valence-corrected chi connectivity index (χ3v) is 5.17. The van der Waals surface area contributed by atoms with Gasteiger partial charge in [0, 0.05) is 18.7 Å². The van der Waals surface area contributed by atoms with Crippen LogP contribution in [0.25, 0.3) is 0 Å². The summed E-state index contributed by atoms with van der Waals surface area (Å²) in [6.07, 6.45) is 0.0152. The maximum atomic E-state index is 12.8. The third-order valence-electron chi connectivity index (χ3n) is 4.89. The lowest BCUT2D eigenvalue weighted by molar-refractivity contribution is -0.155. The van der Waals surface area contributed by atoms with Crippen molar-refractivity contribution < 1.29 is 28.8 Å². The molecule has 0 spiro atoms. The number of aliphatic hydroxyl groups is 1. The number of methoxy groups -OCH3 is 1. The van der Waals surface area contributed by atoms with Crippen LogP contribution >= 0.6 is 11.6 Å². The Morgan fingerprint density at radius 2 is 1.82 bits per heavy atom. The predicted molar refractivity (Wildman–Crippen MR) is 132 cm³/mol. The summed E-state index contributed by atoms with van der Waals surface area (Å²) in [5, 5.41) is 13.9. The van der Waals surface area contributed by atoms with Gasteiger partial charge in [-0.1, -0.05) is 48.0 Å². The molecule has 34 heavy (non-hydrogen) atoms. The molecule has 2 aromatic rings. The molecule has 0 aromatic heterocycles. The van der Waals surface area contributed by atoms with Crippen molar-refractivity contribution in [1.29, 1.82) is 0 Å². The summed E-state index contributed by atoms with van der Waals surface area (Å²) in [4.78, 5) is 12.8. The molecule has 0 amide bonds. The van der Waals surface area contributed by atoms with E-state index in [9.17, 15) is 9.90 Å². The smallest absolute Gasteiger partial charge is 0.308 e. The molecule has 7 nitrogen and oxygen atoms in total. The van der Waals surface area contributed by atoms with Crippen LogP contribution in [0.5, 0.6) is 5.75 Å². The summed E-state index contributed by atoms with van der Waals surface area (Å²) in [6.45, 7) is 8.01. The lowest BCUT2D eigenvalue weighted by Gasteiger charge is -2.28. The number of hydrogen-bond acceptors (Lipinski definition) is 7. The minimum Gasteiger partial charge on any atom is -0.466 e. The molecule has 2 N–H and O–H groups in total. The monoisotopic (exact) mass is 493 g/mol. The topological polar surface area (TPSA) is 86.3 Å². The van der Waals surface area contributed by atoms with Gasteiger partial charge in [0.2, 0.25) is 0 Å². The summed E-state index contributed by atoms with van der Waals surface area (Å²) >= 11 is 6.55. The van der Waals surface area contributed by atoms with Crippen molar-refractivity contribution in [2.24, 2.45) is 0 Å². The minimum absolute atomic E-state index is 0.0152. The first-order valence-corrected chi connectivity index (χ1v) is 11.7. The number of nitrogens with one attached hydrogen (secondary N) is 1. The highest BCUT2D eigenvalue weighted by molar-refractivity contribution is 6.32. The molecular formula is C26H36ClNO6. The summed E-state index contributed by atoms with van der Waals surface area (Å²) in [7, 11) is 1.59. The van der Waals surface area contributed by atoms with E-state index in [2.05, 4.69) is 5.32 Å². The normalized spacial score (nSPS) is 13.4. The third kappa shape index (κ3) is 9.24. The maximum Gasteiger partial charge on any atom is 0.308 e. The molecule has 0 bridgehead atoms. The quantitative estimate of drug-likeness (QED) is 0.237. The van der Waals surface area contributed by atoms with Crippen LogP contribution in [-0.4, -0.2) is 50.4 Å². The first-order valence-electron chi connectivity index (χ1n) is 11.3. The number of rotatable bonds is 13. The number of hydrogen-bond donors (Lipinski definition) is 2. The second-order valence-electron chi connectivity index (χ2n) is 8.98. The van der Waals surface area contributed by atoms with Gasteiger partial charge in [0.05, 0.1) is 37.3 Å². The molecule has 0 aliphatic heterocycles. The van der Waals surface area contributed by atoms with Crippen molar-refractivity contribution in [2.75, 3.05) is 33.7 Å². The van der Waals surface area contributed by atoms with Crippen molar-refractivity contribution in [3.05, 3.63) is 64.2 Å². The van der Waals surface area contributed by atoms with Crippen LogP contribution < -0.4 is 10.1 Å². The van der Waals surface area contributed by atoms with Gasteiger partial charge in [0.15, 0.2) is 6.79 Å². The van der Waals surface area contributed by atoms with Gasteiger partial charge >= 0.3 is 5.97 Å². The fourth-order valence-electron chi connectivity index (χ4n) is 3.46. The molecule has 2 aromatic carbocycles. The Morgan fingerprint density at radius 1 is 1.12 bits per heavy atom. The molecule has 0 saturated carbocycles. The molecule has 0 aliphatic carbocycles. The number of ether oxygens (including phenoxy) is 4. The largest absolute Gasteiger partial charge is 0.466 e. The zero-order valence-electron chi connectivity index (χ0n) is 20.6. The van der Waals surface area contributed by atoms with Gasteiger partial charge < -0.3 is 29.4 Å². The number of aliphatic hydroxyl groups excluding tert-OH is 1. The highest BCUT2D eigenvalue weighted by Gasteiger charge is 2.28. The molecule has 8 heteroatoms. The van der Waals surface area contributed by atoms with E-state index in [0.717, 1.165) is 11.1 Å². The van der Waals surface area contributed by atoms with Gasteiger partial charge in [0.1, 0.15) is 11.4 Å². The molecule has 0 saturated heterocycles. The number of halogens is 1. The van der Waals surface area contributed by atoms with E-state index in [1.165, 1.54) is 0 Å². The molecule has 2 rings (SSSR count). The average Bonchev–Trinajstić information content (AvgIpc) is 2.76. The Kier molecular flexibility index (Phi) is 11.3.